The summed E-state index contributed by atoms with van der Waals surface area (Å²) in [6.07, 6.45) is 11.1. The van der Waals surface area contributed by atoms with E-state index < -0.39 is 6.03 Å². The van der Waals surface area contributed by atoms with E-state index in [4.69, 9.17) is 11.1 Å². The van der Waals surface area contributed by atoms with Gasteiger partial charge in [0.05, 0.1) is 12.0 Å². The maximum absolute atomic E-state index is 10.6. The van der Waals surface area contributed by atoms with Crippen LogP contribution in [0.3, 0.4) is 0 Å². The molecular weight excluding hydrogens is 280 g/mol. The second-order valence-corrected chi connectivity index (χ2v) is 5.39. The zero-order chi connectivity index (χ0) is 16.2. The number of amides is 2. The summed E-state index contributed by atoms with van der Waals surface area (Å²) in [5, 5.41) is 12.4. The number of aromatic amines is 1. The fraction of sp³-hybridized carbons (Fsp3) is 0.667. The number of aryl methyl sites for hydroxylation is 1. The van der Waals surface area contributed by atoms with Gasteiger partial charge >= 0.3 is 6.03 Å². The van der Waals surface area contributed by atoms with Crippen LogP contribution in [0, 0.1) is 5.41 Å². The van der Waals surface area contributed by atoms with Crippen molar-refractivity contribution < 1.29 is 4.79 Å². The molecule has 0 saturated carbocycles. The minimum Gasteiger partial charge on any atom is -0.356 e. The van der Waals surface area contributed by atoms with Gasteiger partial charge in [-0.3, -0.25) is 10.7 Å². The Labute approximate surface area is 132 Å². The van der Waals surface area contributed by atoms with Crippen molar-refractivity contribution in [2.75, 3.05) is 6.54 Å². The summed E-state index contributed by atoms with van der Waals surface area (Å²) < 4.78 is 0. The number of nitrogens with zero attached hydrogens (tertiary/aromatic N) is 1. The third-order valence-electron chi connectivity index (χ3n) is 3.50. The van der Waals surface area contributed by atoms with Gasteiger partial charge in [-0.25, -0.2) is 9.78 Å². The summed E-state index contributed by atoms with van der Waals surface area (Å²) >= 11 is 0. The zero-order valence-corrected chi connectivity index (χ0v) is 13.4. The molecule has 1 heterocycles. The summed E-state index contributed by atoms with van der Waals surface area (Å²) in [5.74, 6) is -0.0829. The fourth-order valence-corrected chi connectivity index (χ4v) is 2.34. The van der Waals surface area contributed by atoms with E-state index in [0.717, 1.165) is 12.1 Å². The van der Waals surface area contributed by atoms with Gasteiger partial charge in [-0.1, -0.05) is 39.0 Å². The molecule has 1 aromatic heterocycles. The summed E-state index contributed by atoms with van der Waals surface area (Å²) in [6.45, 7) is 2.76. The Bertz CT molecular complexity index is 457. The third kappa shape index (κ3) is 7.66. The van der Waals surface area contributed by atoms with Crippen molar-refractivity contribution in [1.82, 2.24) is 20.6 Å². The van der Waals surface area contributed by atoms with Crippen molar-refractivity contribution >= 4 is 12.0 Å². The van der Waals surface area contributed by atoms with E-state index in [0.29, 0.717) is 13.0 Å². The number of nitrogens with one attached hydrogen (secondary N) is 4. The predicted octanol–water partition coefficient (Wildman–Crippen LogP) is 2.05. The molecule has 1 rings (SSSR count). The Balaban J connectivity index is 2.21. The first-order valence-electron chi connectivity index (χ1n) is 8.03. The lowest BCUT2D eigenvalue weighted by molar-refractivity contribution is 0.253. The molecule has 1 aromatic rings. The van der Waals surface area contributed by atoms with E-state index in [9.17, 15) is 4.79 Å². The number of unbranched alkanes of at least 4 members (excludes halogenated alkanes) is 5. The van der Waals surface area contributed by atoms with Crippen molar-refractivity contribution in [2.24, 2.45) is 5.73 Å². The van der Waals surface area contributed by atoms with E-state index in [-0.39, 0.29) is 5.96 Å². The van der Waals surface area contributed by atoms with Crippen LogP contribution in [0.5, 0.6) is 0 Å². The van der Waals surface area contributed by atoms with Crippen LogP contribution in [0.15, 0.2) is 6.33 Å². The average Bonchev–Trinajstić information content (AvgIpc) is 2.89. The fourth-order valence-electron chi connectivity index (χ4n) is 2.34. The van der Waals surface area contributed by atoms with E-state index in [2.05, 4.69) is 27.5 Å². The number of guanidine groups is 1. The van der Waals surface area contributed by atoms with Gasteiger partial charge < -0.3 is 16.0 Å². The van der Waals surface area contributed by atoms with Crippen molar-refractivity contribution in [3.63, 3.8) is 0 Å². The third-order valence-corrected chi connectivity index (χ3v) is 3.50. The molecule has 0 aliphatic heterocycles. The largest absolute Gasteiger partial charge is 0.356 e. The molecule has 0 aromatic carbocycles. The quantitative estimate of drug-likeness (QED) is 0.258. The smallest absolute Gasteiger partial charge is 0.318 e. The molecule has 0 fully saturated rings. The van der Waals surface area contributed by atoms with E-state index in [1.54, 1.807) is 6.33 Å². The molecule has 6 N–H and O–H groups in total. The number of hydrogen-bond acceptors (Lipinski definition) is 3. The lowest BCUT2D eigenvalue weighted by atomic mass is 10.1. The summed E-state index contributed by atoms with van der Waals surface area (Å²) in [7, 11) is 0. The minimum atomic E-state index is -0.735. The Hall–Kier alpha value is -2.05. The Morgan fingerprint density at radius 1 is 1.27 bits per heavy atom. The first-order valence-corrected chi connectivity index (χ1v) is 8.03. The lowest BCUT2D eigenvalue weighted by Crippen LogP contribution is -2.43. The predicted molar refractivity (Wildman–Crippen MR) is 87.8 cm³/mol. The van der Waals surface area contributed by atoms with E-state index in [1.165, 1.54) is 44.2 Å². The number of urea groups is 1. The van der Waals surface area contributed by atoms with Crippen molar-refractivity contribution in [3.05, 3.63) is 17.7 Å². The van der Waals surface area contributed by atoms with Gasteiger partial charge in [0.15, 0.2) is 5.96 Å². The number of H-pyrrole nitrogens is 1. The van der Waals surface area contributed by atoms with Crippen molar-refractivity contribution in [2.45, 2.75) is 58.3 Å². The van der Waals surface area contributed by atoms with E-state index >= 15 is 0 Å². The number of carbonyl (C=O) groups excluding carboxylic acids is 1. The molecule has 0 aliphatic rings. The first-order chi connectivity index (χ1) is 10.6. The molecule has 22 heavy (non-hydrogen) atoms. The summed E-state index contributed by atoms with van der Waals surface area (Å²) in [6, 6.07) is -0.735. The van der Waals surface area contributed by atoms with Gasteiger partial charge in [0.2, 0.25) is 0 Å². The highest BCUT2D eigenvalue weighted by molar-refractivity contribution is 5.93. The molecule has 0 radical (unpaired) electrons. The van der Waals surface area contributed by atoms with Gasteiger partial charge in [-0.05, 0) is 12.8 Å². The number of rotatable bonds is 10. The number of imidazole rings is 1. The van der Waals surface area contributed by atoms with Gasteiger partial charge in [0.1, 0.15) is 0 Å². The van der Waals surface area contributed by atoms with Gasteiger partial charge in [0.25, 0.3) is 0 Å². The second kappa shape index (κ2) is 10.6. The Kier molecular flexibility index (Phi) is 8.71. The molecule has 0 aliphatic carbocycles. The van der Waals surface area contributed by atoms with Gasteiger partial charge in [-0.15, -0.1) is 0 Å². The molecule has 7 nitrogen and oxygen atoms in total. The SMILES string of the molecule is CCCCCCCCc1[nH]cnc1CCNC(=N)NC(N)=O. The van der Waals surface area contributed by atoms with Crippen LogP contribution in [0.25, 0.3) is 0 Å². The van der Waals surface area contributed by atoms with Crippen LogP contribution in [-0.2, 0) is 12.8 Å². The van der Waals surface area contributed by atoms with Gasteiger partial charge in [-0.2, -0.15) is 0 Å². The Morgan fingerprint density at radius 2 is 2.00 bits per heavy atom. The number of nitrogens with two attached hydrogens (primary N) is 1. The highest BCUT2D eigenvalue weighted by atomic mass is 16.2. The molecule has 2 amide bonds. The summed E-state index contributed by atoms with van der Waals surface area (Å²) in [5.41, 5.74) is 7.13. The van der Waals surface area contributed by atoms with Gasteiger partial charge in [0, 0.05) is 18.7 Å². The molecule has 0 saturated heterocycles. The maximum atomic E-state index is 10.6. The lowest BCUT2D eigenvalue weighted by Gasteiger charge is -2.07. The number of carbonyl (C=O) groups is 1. The zero-order valence-electron chi connectivity index (χ0n) is 13.4. The molecule has 7 heteroatoms. The van der Waals surface area contributed by atoms with Crippen LogP contribution < -0.4 is 16.4 Å². The highest BCUT2D eigenvalue weighted by Gasteiger charge is 2.06. The van der Waals surface area contributed by atoms with E-state index in [1.807, 2.05) is 0 Å². The standard InChI is InChI=1S/C15H28N6O/c1-2-3-4-5-6-7-8-12-13(20-11-19-12)9-10-18-14(16)21-15(17)22/h11H,2-10H2,1H3,(H,19,20)(H5,16,17,18,21,22). The van der Waals surface area contributed by atoms with Crippen LogP contribution in [0.2, 0.25) is 0 Å². The molecule has 0 unspecified atom stereocenters. The maximum Gasteiger partial charge on any atom is 0.318 e. The normalized spacial score (nSPS) is 10.4. The average molecular weight is 308 g/mol. The monoisotopic (exact) mass is 308 g/mol. The number of hydrogen-bond donors (Lipinski definition) is 5. The molecular formula is C15H28N6O. The number of aromatic nitrogens is 2. The first kappa shape index (κ1) is 18.0. The number of primary amides is 1. The molecule has 0 atom stereocenters. The van der Waals surface area contributed by atoms with Crippen LogP contribution in [-0.4, -0.2) is 28.5 Å². The highest BCUT2D eigenvalue weighted by Crippen LogP contribution is 2.11. The van der Waals surface area contributed by atoms with Crippen LogP contribution >= 0.6 is 0 Å². The van der Waals surface area contributed by atoms with Crippen molar-refractivity contribution in [1.29, 1.82) is 5.41 Å². The van der Waals surface area contributed by atoms with Crippen LogP contribution in [0.1, 0.15) is 56.8 Å². The molecule has 0 spiro atoms. The minimum absolute atomic E-state index is 0.0829. The van der Waals surface area contributed by atoms with Crippen LogP contribution in [0.4, 0.5) is 4.79 Å². The molecule has 124 valence electrons. The molecule has 0 bridgehead atoms. The summed E-state index contributed by atoms with van der Waals surface area (Å²) in [4.78, 5) is 18.1. The Morgan fingerprint density at radius 3 is 2.73 bits per heavy atom. The second-order valence-electron chi connectivity index (χ2n) is 5.39. The van der Waals surface area contributed by atoms with Crippen molar-refractivity contribution in [3.8, 4) is 0 Å². The topological polar surface area (TPSA) is 120 Å².